The first kappa shape index (κ1) is 16.7. The Bertz CT molecular complexity index is 691. The summed E-state index contributed by atoms with van der Waals surface area (Å²) in [6.45, 7) is 8.97. The molecule has 2 aromatic rings. The molecule has 24 heavy (non-hydrogen) atoms. The number of carbonyl (C=O) groups excluding carboxylic acids is 1. The second kappa shape index (κ2) is 7.20. The van der Waals surface area contributed by atoms with Gasteiger partial charge in [-0.15, -0.1) is 0 Å². The molecule has 0 unspecified atom stereocenters. The molecule has 0 spiro atoms. The Morgan fingerprint density at radius 1 is 1.17 bits per heavy atom. The summed E-state index contributed by atoms with van der Waals surface area (Å²) >= 11 is 0. The van der Waals surface area contributed by atoms with E-state index in [9.17, 15) is 4.79 Å². The summed E-state index contributed by atoms with van der Waals surface area (Å²) in [5.41, 5.74) is 3.13. The molecule has 128 valence electrons. The molecule has 1 aliphatic heterocycles. The van der Waals surface area contributed by atoms with E-state index in [1.165, 1.54) is 0 Å². The Balaban J connectivity index is 1.59. The molecule has 1 amide bonds. The van der Waals surface area contributed by atoms with Crippen molar-refractivity contribution in [1.29, 1.82) is 0 Å². The van der Waals surface area contributed by atoms with Crippen LogP contribution in [0.3, 0.4) is 0 Å². The van der Waals surface area contributed by atoms with Crippen LogP contribution in [0, 0.1) is 19.8 Å². The third-order valence-corrected chi connectivity index (χ3v) is 4.94. The standard InChI is InChI=1S/C20H27N3O/c1-4-19-21-7-10-23(19)14-17-5-8-22(9-6-17)20(24)18-12-15(2)11-16(3)13-18/h7,10-13,17H,4-6,8-9,14H2,1-3H3. The fourth-order valence-corrected chi connectivity index (χ4v) is 3.70. The molecule has 0 aliphatic carbocycles. The van der Waals surface area contributed by atoms with Crippen molar-refractivity contribution in [1.82, 2.24) is 14.5 Å². The van der Waals surface area contributed by atoms with Crippen LogP contribution in [0.2, 0.25) is 0 Å². The number of aryl methyl sites for hydroxylation is 3. The minimum absolute atomic E-state index is 0.178. The Kier molecular flexibility index (Phi) is 5.03. The summed E-state index contributed by atoms with van der Waals surface area (Å²) in [7, 11) is 0. The molecule has 1 saturated heterocycles. The Morgan fingerprint density at radius 2 is 1.83 bits per heavy atom. The lowest BCUT2D eigenvalue weighted by atomic mass is 9.95. The summed E-state index contributed by atoms with van der Waals surface area (Å²) < 4.78 is 2.27. The van der Waals surface area contributed by atoms with E-state index in [1.807, 2.05) is 37.1 Å². The maximum Gasteiger partial charge on any atom is 0.253 e. The second-order valence-electron chi connectivity index (χ2n) is 6.96. The quantitative estimate of drug-likeness (QED) is 0.861. The van der Waals surface area contributed by atoms with Crippen molar-refractivity contribution in [2.24, 2.45) is 5.92 Å². The SMILES string of the molecule is CCc1nccn1CC1CCN(C(=O)c2cc(C)cc(C)c2)CC1. The molecule has 4 heteroatoms. The third kappa shape index (κ3) is 3.69. The van der Waals surface area contributed by atoms with E-state index in [-0.39, 0.29) is 5.91 Å². The number of piperidine rings is 1. The molecule has 0 bridgehead atoms. The van der Waals surface area contributed by atoms with Crippen molar-refractivity contribution in [3.63, 3.8) is 0 Å². The zero-order valence-corrected chi connectivity index (χ0v) is 15.0. The van der Waals surface area contributed by atoms with Gasteiger partial charge in [0.1, 0.15) is 5.82 Å². The van der Waals surface area contributed by atoms with Gasteiger partial charge in [0.25, 0.3) is 5.91 Å². The van der Waals surface area contributed by atoms with Crippen LogP contribution < -0.4 is 0 Å². The minimum atomic E-state index is 0.178. The van der Waals surface area contributed by atoms with E-state index >= 15 is 0 Å². The smallest absolute Gasteiger partial charge is 0.253 e. The highest BCUT2D eigenvalue weighted by atomic mass is 16.2. The number of rotatable bonds is 4. The maximum atomic E-state index is 12.7. The number of amides is 1. The van der Waals surface area contributed by atoms with Gasteiger partial charge < -0.3 is 9.47 Å². The van der Waals surface area contributed by atoms with Crippen LogP contribution in [0.25, 0.3) is 0 Å². The number of imidazole rings is 1. The average molecular weight is 325 g/mol. The molecule has 3 rings (SSSR count). The summed E-state index contributed by atoms with van der Waals surface area (Å²) in [4.78, 5) is 19.2. The molecular formula is C20H27N3O. The topological polar surface area (TPSA) is 38.1 Å². The lowest BCUT2D eigenvalue weighted by molar-refractivity contribution is 0.0682. The van der Waals surface area contributed by atoms with Crippen molar-refractivity contribution in [2.75, 3.05) is 13.1 Å². The monoisotopic (exact) mass is 325 g/mol. The van der Waals surface area contributed by atoms with Gasteiger partial charge in [-0.1, -0.05) is 24.1 Å². The molecule has 0 radical (unpaired) electrons. The van der Waals surface area contributed by atoms with Crippen LogP contribution in [0.15, 0.2) is 30.6 Å². The number of aromatic nitrogens is 2. The number of nitrogens with zero attached hydrogens (tertiary/aromatic N) is 3. The van der Waals surface area contributed by atoms with Crippen molar-refractivity contribution < 1.29 is 4.79 Å². The highest BCUT2D eigenvalue weighted by Gasteiger charge is 2.24. The van der Waals surface area contributed by atoms with Gasteiger partial charge in [0.2, 0.25) is 0 Å². The lowest BCUT2D eigenvalue weighted by Gasteiger charge is -2.32. The summed E-state index contributed by atoms with van der Waals surface area (Å²) in [5, 5.41) is 0. The molecular weight excluding hydrogens is 298 g/mol. The number of benzene rings is 1. The number of carbonyl (C=O) groups is 1. The molecule has 0 atom stereocenters. The first-order valence-electron chi connectivity index (χ1n) is 8.94. The van der Waals surface area contributed by atoms with Gasteiger partial charge in [0.05, 0.1) is 0 Å². The van der Waals surface area contributed by atoms with E-state index in [2.05, 4.69) is 28.7 Å². The molecule has 1 aliphatic rings. The van der Waals surface area contributed by atoms with Gasteiger partial charge in [-0.3, -0.25) is 4.79 Å². The number of hydrogen-bond donors (Lipinski definition) is 0. The van der Waals surface area contributed by atoms with Gasteiger partial charge in [-0.2, -0.15) is 0 Å². The highest BCUT2D eigenvalue weighted by Crippen LogP contribution is 2.22. The van der Waals surface area contributed by atoms with Gasteiger partial charge in [-0.05, 0) is 44.7 Å². The van der Waals surface area contributed by atoms with E-state index in [0.29, 0.717) is 5.92 Å². The Labute approximate surface area is 144 Å². The predicted molar refractivity (Wildman–Crippen MR) is 96.1 cm³/mol. The zero-order chi connectivity index (χ0) is 17.1. The zero-order valence-electron chi connectivity index (χ0n) is 15.0. The molecule has 1 fully saturated rings. The van der Waals surface area contributed by atoms with Gasteiger partial charge in [-0.25, -0.2) is 4.98 Å². The number of hydrogen-bond acceptors (Lipinski definition) is 2. The molecule has 4 nitrogen and oxygen atoms in total. The van der Waals surface area contributed by atoms with Crippen molar-refractivity contribution >= 4 is 5.91 Å². The van der Waals surface area contributed by atoms with Gasteiger partial charge in [0.15, 0.2) is 0 Å². The largest absolute Gasteiger partial charge is 0.339 e. The lowest BCUT2D eigenvalue weighted by Crippen LogP contribution is -2.39. The molecule has 0 saturated carbocycles. The third-order valence-electron chi connectivity index (χ3n) is 4.94. The normalized spacial score (nSPS) is 15.7. The first-order chi connectivity index (χ1) is 11.6. The van der Waals surface area contributed by atoms with Crippen molar-refractivity contribution in [2.45, 2.75) is 46.6 Å². The summed E-state index contributed by atoms with van der Waals surface area (Å²) in [6.07, 6.45) is 7.07. The van der Waals surface area contributed by atoms with Crippen molar-refractivity contribution in [3.8, 4) is 0 Å². The molecule has 1 aromatic carbocycles. The first-order valence-corrected chi connectivity index (χ1v) is 8.94. The van der Waals surface area contributed by atoms with E-state index in [0.717, 1.165) is 61.4 Å². The van der Waals surface area contributed by atoms with Crippen LogP contribution in [0.4, 0.5) is 0 Å². The predicted octanol–water partition coefficient (Wildman–Crippen LogP) is 3.61. The second-order valence-corrected chi connectivity index (χ2v) is 6.96. The fraction of sp³-hybridized carbons (Fsp3) is 0.500. The van der Waals surface area contributed by atoms with Crippen LogP contribution >= 0.6 is 0 Å². The molecule has 1 aromatic heterocycles. The van der Waals surface area contributed by atoms with Gasteiger partial charge in [0, 0.05) is 44.0 Å². The summed E-state index contributed by atoms with van der Waals surface area (Å²) in [5.74, 6) is 1.97. The number of likely N-dealkylation sites (tertiary alicyclic amines) is 1. The minimum Gasteiger partial charge on any atom is -0.339 e. The van der Waals surface area contributed by atoms with Crippen LogP contribution in [-0.2, 0) is 13.0 Å². The summed E-state index contributed by atoms with van der Waals surface area (Å²) in [6, 6.07) is 6.11. The Hall–Kier alpha value is -2.10. The van der Waals surface area contributed by atoms with E-state index in [4.69, 9.17) is 0 Å². The van der Waals surface area contributed by atoms with Crippen LogP contribution in [-0.4, -0.2) is 33.4 Å². The van der Waals surface area contributed by atoms with Crippen LogP contribution in [0.1, 0.15) is 47.1 Å². The molecule has 2 heterocycles. The van der Waals surface area contributed by atoms with E-state index in [1.54, 1.807) is 0 Å². The van der Waals surface area contributed by atoms with Crippen LogP contribution in [0.5, 0.6) is 0 Å². The fourth-order valence-electron chi connectivity index (χ4n) is 3.70. The molecule has 0 N–H and O–H groups in total. The van der Waals surface area contributed by atoms with Crippen molar-refractivity contribution in [3.05, 3.63) is 53.1 Å². The van der Waals surface area contributed by atoms with E-state index < -0.39 is 0 Å². The Morgan fingerprint density at radius 3 is 2.46 bits per heavy atom. The highest BCUT2D eigenvalue weighted by molar-refractivity contribution is 5.94. The van der Waals surface area contributed by atoms with Gasteiger partial charge >= 0.3 is 0 Å². The average Bonchev–Trinajstić information content (AvgIpc) is 3.01. The maximum absolute atomic E-state index is 12.7.